The molecule has 34 heavy (non-hydrogen) atoms. The summed E-state index contributed by atoms with van der Waals surface area (Å²) in [4.78, 5) is 30.8. The molecule has 1 aliphatic rings. The molecule has 0 saturated carbocycles. The van der Waals surface area contributed by atoms with Gasteiger partial charge in [0.05, 0.1) is 5.56 Å². The molecule has 1 fully saturated rings. The normalized spacial score (nSPS) is 16.3. The summed E-state index contributed by atoms with van der Waals surface area (Å²) >= 11 is 1.54. The van der Waals surface area contributed by atoms with E-state index in [2.05, 4.69) is 0 Å². The van der Waals surface area contributed by atoms with Gasteiger partial charge in [0.25, 0.3) is 11.8 Å². The molecule has 2 aromatic carbocycles. The van der Waals surface area contributed by atoms with Crippen LogP contribution in [0.3, 0.4) is 0 Å². The van der Waals surface area contributed by atoms with Gasteiger partial charge in [0, 0.05) is 37.6 Å². The molecule has 174 valence electrons. The van der Waals surface area contributed by atoms with Gasteiger partial charge < -0.3 is 14.4 Å². The Labute approximate surface area is 199 Å². The van der Waals surface area contributed by atoms with Gasteiger partial charge in [-0.1, -0.05) is 24.3 Å². The fourth-order valence-corrected chi connectivity index (χ4v) is 5.42. The van der Waals surface area contributed by atoms with Crippen LogP contribution in [-0.2, 0) is 6.54 Å². The molecule has 3 heterocycles. The Morgan fingerprint density at radius 3 is 2.59 bits per heavy atom. The van der Waals surface area contributed by atoms with Crippen LogP contribution in [0.4, 0.5) is 8.78 Å². The number of thiophene rings is 1. The number of carbonyl (C=O) groups excluding carboxylic acids is 2. The molecule has 1 atom stereocenters. The highest BCUT2D eigenvalue weighted by Crippen LogP contribution is 2.28. The average molecular weight is 480 g/mol. The lowest BCUT2D eigenvalue weighted by molar-refractivity contribution is 0.0407. The molecule has 8 heteroatoms. The van der Waals surface area contributed by atoms with Crippen molar-refractivity contribution in [1.82, 2.24) is 14.4 Å². The van der Waals surface area contributed by atoms with E-state index in [1.165, 1.54) is 35.6 Å². The van der Waals surface area contributed by atoms with Gasteiger partial charge in [0.15, 0.2) is 0 Å². The largest absolute Gasteiger partial charge is 0.334 e. The van der Waals surface area contributed by atoms with Crippen molar-refractivity contribution in [3.8, 4) is 0 Å². The van der Waals surface area contributed by atoms with E-state index in [0.717, 1.165) is 15.8 Å². The fourth-order valence-electron chi connectivity index (χ4n) is 4.52. The van der Waals surface area contributed by atoms with Crippen LogP contribution in [-0.4, -0.2) is 51.9 Å². The molecule has 4 aromatic rings. The van der Waals surface area contributed by atoms with Crippen molar-refractivity contribution in [2.45, 2.75) is 19.5 Å². The lowest BCUT2D eigenvalue weighted by atomic mass is 10.1. The summed E-state index contributed by atoms with van der Waals surface area (Å²) in [6, 6.07) is 15.9. The first-order chi connectivity index (χ1) is 16.4. The van der Waals surface area contributed by atoms with E-state index in [-0.39, 0.29) is 29.2 Å². The first-order valence-corrected chi connectivity index (χ1v) is 12.0. The van der Waals surface area contributed by atoms with Crippen LogP contribution in [0.2, 0.25) is 0 Å². The van der Waals surface area contributed by atoms with Gasteiger partial charge in [-0.25, -0.2) is 8.78 Å². The predicted octanol–water partition coefficient (Wildman–Crippen LogP) is 5.02. The van der Waals surface area contributed by atoms with Crippen LogP contribution in [0, 0.1) is 11.6 Å². The molecule has 5 rings (SSSR count). The third-order valence-corrected chi connectivity index (χ3v) is 7.18. The second kappa shape index (κ2) is 9.02. The molecule has 0 radical (unpaired) electrons. The van der Waals surface area contributed by atoms with E-state index in [0.29, 0.717) is 31.9 Å². The van der Waals surface area contributed by atoms with Crippen molar-refractivity contribution in [2.75, 3.05) is 19.6 Å². The molecule has 1 aliphatic heterocycles. The van der Waals surface area contributed by atoms with Crippen molar-refractivity contribution >= 4 is 33.4 Å². The van der Waals surface area contributed by atoms with E-state index >= 15 is 0 Å². The maximum Gasteiger partial charge on any atom is 0.270 e. The van der Waals surface area contributed by atoms with E-state index in [1.54, 1.807) is 28.0 Å². The number of aromatic nitrogens is 1. The van der Waals surface area contributed by atoms with E-state index < -0.39 is 5.82 Å². The SMILES string of the molecule is C[C@@H]1CN(C(=O)c2cc3ccsc3n2Cc2cccc(F)c2)CCN1C(=O)c1ccccc1F. The Morgan fingerprint density at radius 1 is 1.00 bits per heavy atom. The minimum Gasteiger partial charge on any atom is -0.334 e. The maximum atomic E-state index is 14.1. The van der Waals surface area contributed by atoms with Gasteiger partial charge in [0.2, 0.25) is 0 Å². The number of benzene rings is 2. The molecule has 0 unspecified atom stereocenters. The summed E-state index contributed by atoms with van der Waals surface area (Å²) in [5.74, 6) is -1.37. The molecular weight excluding hydrogens is 456 g/mol. The number of amides is 2. The van der Waals surface area contributed by atoms with Crippen LogP contribution < -0.4 is 0 Å². The second-order valence-corrected chi connectivity index (χ2v) is 9.40. The fraction of sp³-hybridized carbons (Fsp3) is 0.231. The van der Waals surface area contributed by atoms with Crippen LogP contribution in [0.5, 0.6) is 0 Å². The highest BCUT2D eigenvalue weighted by atomic mass is 32.1. The first kappa shape index (κ1) is 22.3. The van der Waals surface area contributed by atoms with Crippen molar-refractivity contribution in [2.24, 2.45) is 0 Å². The van der Waals surface area contributed by atoms with Gasteiger partial charge in [-0.15, -0.1) is 11.3 Å². The topological polar surface area (TPSA) is 45.6 Å². The molecule has 0 aliphatic carbocycles. The van der Waals surface area contributed by atoms with E-state index in [1.807, 2.05) is 35.1 Å². The van der Waals surface area contributed by atoms with Gasteiger partial charge in [-0.05, 0) is 54.3 Å². The Morgan fingerprint density at radius 2 is 1.82 bits per heavy atom. The third-order valence-electron chi connectivity index (χ3n) is 6.23. The highest BCUT2D eigenvalue weighted by molar-refractivity contribution is 7.16. The standard InChI is InChI=1S/C26H23F2N3O2S/c1-17-15-29(10-11-30(17)24(32)21-7-2-3-8-22(21)28)25(33)23-14-19-9-12-34-26(19)31(23)16-18-5-4-6-20(27)13-18/h2-9,12-14,17H,10-11,15-16H2,1H3/t17-/m1/s1. The third kappa shape index (κ3) is 4.09. The number of rotatable bonds is 4. The zero-order valence-electron chi connectivity index (χ0n) is 18.6. The summed E-state index contributed by atoms with van der Waals surface area (Å²) in [5.41, 5.74) is 1.35. The summed E-state index contributed by atoms with van der Waals surface area (Å²) in [5, 5.41) is 2.93. The summed E-state index contributed by atoms with van der Waals surface area (Å²) in [6.07, 6.45) is 0. The van der Waals surface area contributed by atoms with Gasteiger partial charge >= 0.3 is 0 Å². The lowest BCUT2D eigenvalue weighted by Crippen LogP contribution is -2.55. The van der Waals surface area contributed by atoms with Gasteiger partial charge in [0.1, 0.15) is 22.2 Å². The number of piperazine rings is 1. The monoisotopic (exact) mass is 479 g/mol. The maximum absolute atomic E-state index is 14.1. The summed E-state index contributed by atoms with van der Waals surface area (Å²) in [7, 11) is 0. The minimum absolute atomic E-state index is 0.0401. The smallest absolute Gasteiger partial charge is 0.270 e. The number of halogens is 2. The van der Waals surface area contributed by atoms with Crippen LogP contribution in [0.1, 0.15) is 33.3 Å². The van der Waals surface area contributed by atoms with E-state index in [9.17, 15) is 18.4 Å². The minimum atomic E-state index is -0.548. The van der Waals surface area contributed by atoms with Crippen LogP contribution >= 0.6 is 11.3 Å². The van der Waals surface area contributed by atoms with E-state index in [4.69, 9.17) is 0 Å². The van der Waals surface area contributed by atoms with Gasteiger partial charge in [-0.3, -0.25) is 9.59 Å². The zero-order valence-corrected chi connectivity index (χ0v) is 19.4. The van der Waals surface area contributed by atoms with Crippen LogP contribution in [0.25, 0.3) is 10.2 Å². The molecule has 5 nitrogen and oxygen atoms in total. The zero-order chi connectivity index (χ0) is 23.8. The molecule has 0 bridgehead atoms. The first-order valence-electron chi connectivity index (χ1n) is 11.1. The van der Waals surface area contributed by atoms with Crippen molar-refractivity contribution < 1.29 is 18.4 Å². The number of hydrogen-bond donors (Lipinski definition) is 0. The molecule has 0 N–H and O–H groups in total. The van der Waals surface area contributed by atoms with Crippen molar-refractivity contribution in [1.29, 1.82) is 0 Å². The quantitative estimate of drug-likeness (QED) is 0.413. The number of carbonyl (C=O) groups is 2. The van der Waals surface area contributed by atoms with Crippen molar-refractivity contribution in [3.63, 3.8) is 0 Å². The highest BCUT2D eigenvalue weighted by Gasteiger charge is 2.33. The Hall–Kier alpha value is -3.52. The Balaban J connectivity index is 1.37. The second-order valence-electron chi connectivity index (χ2n) is 8.51. The number of fused-ring (bicyclic) bond motifs is 1. The Bertz CT molecular complexity index is 1380. The molecule has 0 spiro atoms. The molecule has 2 amide bonds. The lowest BCUT2D eigenvalue weighted by Gasteiger charge is -2.40. The number of nitrogens with zero attached hydrogens (tertiary/aromatic N) is 3. The number of hydrogen-bond acceptors (Lipinski definition) is 3. The van der Waals surface area contributed by atoms with Crippen LogP contribution in [0.15, 0.2) is 66.0 Å². The molecule has 1 saturated heterocycles. The average Bonchev–Trinajstić information content (AvgIpc) is 3.41. The Kier molecular flexibility index (Phi) is 5.91. The summed E-state index contributed by atoms with van der Waals surface area (Å²) in [6.45, 7) is 3.26. The molecular formula is C26H23F2N3O2S. The predicted molar refractivity (Wildman–Crippen MR) is 128 cm³/mol. The van der Waals surface area contributed by atoms with Crippen molar-refractivity contribution in [3.05, 3.63) is 94.5 Å². The summed E-state index contributed by atoms with van der Waals surface area (Å²) < 4.78 is 29.8. The molecule has 2 aromatic heterocycles. The van der Waals surface area contributed by atoms with Gasteiger partial charge in [-0.2, -0.15) is 0 Å².